The number of ether oxygens (including phenoxy) is 1. The van der Waals surface area contributed by atoms with E-state index in [1.54, 1.807) is 0 Å². The number of benzene rings is 2. The first-order valence-corrected chi connectivity index (χ1v) is 10.7. The maximum absolute atomic E-state index is 13.1. The fraction of sp³-hybridized carbons (Fsp3) is 0.348. The smallest absolute Gasteiger partial charge is 0.328 e. The second kappa shape index (κ2) is 7.07. The van der Waals surface area contributed by atoms with Gasteiger partial charge >= 0.3 is 6.03 Å². The van der Waals surface area contributed by atoms with Gasteiger partial charge in [-0.05, 0) is 55.2 Å². The van der Waals surface area contributed by atoms with Crippen molar-refractivity contribution in [1.29, 1.82) is 0 Å². The average Bonchev–Trinajstić information content (AvgIpc) is 2.72. The molecule has 3 atom stereocenters. The van der Waals surface area contributed by atoms with E-state index >= 15 is 0 Å². The van der Waals surface area contributed by atoms with Gasteiger partial charge in [-0.1, -0.05) is 35.9 Å². The van der Waals surface area contributed by atoms with E-state index in [4.69, 9.17) is 16.3 Å². The molecule has 0 aliphatic carbocycles. The molecule has 0 bridgehead atoms. The number of amides is 4. The highest BCUT2D eigenvalue weighted by Crippen LogP contribution is 2.47. The van der Waals surface area contributed by atoms with Crippen molar-refractivity contribution in [2.45, 2.75) is 38.5 Å². The highest BCUT2D eigenvalue weighted by molar-refractivity contribution is 6.30. The summed E-state index contributed by atoms with van der Waals surface area (Å²) in [7, 11) is 0. The van der Waals surface area contributed by atoms with Gasteiger partial charge < -0.3 is 9.64 Å². The fourth-order valence-corrected chi connectivity index (χ4v) is 5.37. The zero-order chi connectivity index (χ0) is 21.9. The highest BCUT2D eigenvalue weighted by Gasteiger charge is 2.62. The molecule has 3 aliphatic heterocycles. The number of hydrogen-bond donors (Lipinski definition) is 2. The summed E-state index contributed by atoms with van der Waals surface area (Å²) in [5.74, 6) is -1.15. The van der Waals surface area contributed by atoms with Crippen molar-refractivity contribution in [3.8, 4) is 11.1 Å². The minimum atomic E-state index is -1.44. The quantitative estimate of drug-likeness (QED) is 0.667. The molecule has 2 N–H and O–H groups in total. The number of nitrogens with zero attached hydrogens (tertiary/aromatic N) is 1. The predicted octanol–water partition coefficient (Wildman–Crippen LogP) is 2.90. The van der Waals surface area contributed by atoms with Crippen LogP contribution in [0.15, 0.2) is 42.5 Å². The molecular formula is C23H22ClN3O4. The number of anilines is 1. The van der Waals surface area contributed by atoms with Crippen LogP contribution in [0.3, 0.4) is 0 Å². The number of halogens is 1. The molecule has 4 amide bonds. The molecular weight excluding hydrogens is 418 g/mol. The van der Waals surface area contributed by atoms with Crippen LogP contribution in [0.4, 0.5) is 10.5 Å². The van der Waals surface area contributed by atoms with E-state index in [0.29, 0.717) is 11.6 Å². The summed E-state index contributed by atoms with van der Waals surface area (Å²) in [6.07, 6.45) is -0.275. The van der Waals surface area contributed by atoms with Gasteiger partial charge in [0.2, 0.25) is 11.8 Å². The van der Waals surface area contributed by atoms with Gasteiger partial charge in [-0.3, -0.25) is 20.2 Å². The number of carbonyl (C=O) groups excluding carboxylic acids is 3. The van der Waals surface area contributed by atoms with Crippen molar-refractivity contribution in [2.24, 2.45) is 5.41 Å². The molecule has 160 valence electrons. The molecule has 3 heterocycles. The molecule has 3 aliphatic rings. The van der Waals surface area contributed by atoms with E-state index < -0.39 is 29.3 Å². The standard InChI is InChI=1S/C23H22ClN3O4/c1-12-11-27-18-9-15(14-5-7-17(24)8-6-14)3-4-16(18)10-23(19(27)13(2)31-12)20(28)25-22(30)26-21(23)29/h3-9,12-13,19H,10-11H2,1-2H3,(H2,25,26,28,29,30)/t12-,13+,19-/m1/s1. The molecule has 0 radical (unpaired) electrons. The van der Waals surface area contributed by atoms with Crippen LogP contribution in [0, 0.1) is 5.41 Å². The summed E-state index contributed by atoms with van der Waals surface area (Å²) >= 11 is 6.04. The van der Waals surface area contributed by atoms with Crippen molar-refractivity contribution in [2.75, 3.05) is 11.4 Å². The molecule has 0 unspecified atom stereocenters. The van der Waals surface area contributed by atoms with Gasteiger partial charge in [0.1, 0.15) is 0 Å². The van der Waals surface area contributed by atoms with E-state index in [0.717, 1.165) is 22.4 Å². The third kappa shape index (κ3) is 3.03. The Kier molecular flexibility index (Phi) is 4.57. The number of hydrogen-bond acceptors (Lipinski definition) is 5. The van der Waals surface area contributed by atoms with Gasteiger partial charge in [0.15, 0.2) is 5.41 Å². The number of urea groups is 1. The van der Waals surface area contributed by atoms with E-state index in [1.165, 1.54) is 0 Å². The molecule has 7 nitrogen and oxygen atoms in total. The first kappa shape index (κ1) is 20.0. The Balaban J connectivity index is 1.66. The molecule has 2 aromatic rings. The summed E-state index contributed by atoms with van der Waals surface area (Å²) in [5.41, 5.74) is 2.46. The van der Waals surface area contributed by atoms with Crippen LogP contribution in [0.5, 0.6) is 0 Å². The largest absolute Gasteiger partial charge is 0.372 e. The Labute approximate surface area is 184 Å². The highest BCUT2D eigenvalue weighted by atomic mass is 35.5. The summed E-state index contributed by atoms with van der Waals surface area (Å²) in [5, 5.41) is 5.28. The normalized spacial score (nSPS) is 26.7. The van der Waals surface area contributed by atoms with E-state index in [2.05, 4.69) is 21.6 Å². The summed E-state index contributed by atoms with van der Waals surface area (Å²) in [4.78, 5) is 40.1. The molecule has 8 heteroatoms. The van der Waals surface area contributed by atoms with Crippen LogP contribution in [-0.4, -0.2) is 42.6 Å². The molecule has 0 saturated carbocycles. The van der Waals surface area contributed by atoms with Crippen molar-refractivity contribution < 1.29 is 19.1 Å². The Morgan fingerprint density at radius 2 is 1.65 bits per heavy atom. The first-order valence-electron chi connectivity index (χ1n) is 10.3. The monoisotopic (exact) mass is 439 g/mol. The van der Waals surface area contributed by atoms with E-state index in [1.807, 2.05) is 50.2 Å². The zero-order valence-electron chi connectivity index (χ0n) is 17.1. The summed E-state index contributed by atoms with van der Waals surface area (Å²) in [6.45, 7) is 4.38. The minimum Gasteiger partial charge on any atom is -0.372 e. The number of carbonyl (C=O) groups is 3. The molecule has 31 heavy (non-hydrogen) atoms. The fourth-order valence-electron chi connectivity index (χ4n) is 5.24. The minimum absolute atomic E-state index is 0.0789. The van der Waals surface area contributed by atoms with Gasteiger partial charge in [0.05, 0.1) is 18.2 Å². The molecule has 2 saturated heterocycles. The number of barbiturate groups is 1. The van der Waals surface area contributed by atoms with Crippen LogP contribution < -0.4 is 15.5 Å². The van der Waals surface area contributed by atoms with Gasteiger partial charge in [-0.25, -0.2) is 4.79 Å². The third-order valence-electron chi connectivity index (χ3n) is 6.49. The number of imide groups is 2. The Morgan fingerprint density at radius 1 is 1.00 bits per heavy atom. The van der Waals surface area contributed by atoms with Gasteiger partial charge in [-0.2, -0.15) is 0 Å². The van der Waals surface area contributed by atoms with Crippen LogP contribution in [-0.2, 0) is 20.7 Å². The summed E-state index contributed by atoms with van der Waals surface area (Å²) in [6, 6.07) is 12.3. The average molecular weight is 440 g/mol. The van der Waals surface area contributed by atoms with Gasteiger partial charge in [-0.15, -0.1) is 0 Å². The Bertz CT molecular complexity index is 1080. The maximum Gasteiger partial charge on any atom is 0.328 e. The molecule has 2 aromatic carbocycles. The van der Waals surface area contributed by atoms with E-state index in [-0.39, 0.29) is 18.6 Å². The van der Waals surface area contributed by atoms with Crippen molar-refractivity contribution >= 4 is 35.1 Å². The Hall–Kier alpha value is -2.90. The lowest BCUT2D eigenvalue weighted by Gasteiger charge is -2.55. The number of morpholine rings is 1. The van der Waals surface area contributed by atoms with Crippen LogP contribution in [0.1, 0.15) is 19.4 Å². The van der Waals surface area contributed by atoms with Gasteiger partial charge in [0.25, 0.3) is 0 Å². The van der Waals surface area contributed by atoms with Gasteiger partial charge in [0, 0.05) is 17.3 Å². The third-order valence-corrected chi connectivity index (χ3v) is 6.74. The lowest BCUT2D eigenvalue weighted by atomic mass is 9.66. The number of fused-ring (bicyclic) bond motifs is 4. The lowest BCUT2D eigenvalue weighted by Crippen LogP contribution is -2.75. The van der Waals surface area contributed by atoms with E-state index in [9.17, 15) is 14.4 Å². The second-order valence-electron chi connectivity index (χ2n) is 8.48. The molecule has 5 rings (SSSR count). The van der Waals surface area contributed by atoms with Crippen molar-refractivity contribution in [3.05, 3.63) is 53.1 Å². The topological polar surface area (TPSA) is 87.7 Å². The van der Waals surface area contributed by atoms with Crippen molar-refractivity contribution in [1.82, 2.24) is 10.6 Å². The van der Waals surface area contributed by atoms with Crippen molar-refractivity contribution in [3.63, 3.8) is 0 Å². The predicted molar refractivity (Wildman–Crippen MR) is 116 cm³/mol. The number of rotatable bonds is 1. The zero-order valence-corrected chi connectivity index (χ0v) is 17.9. The second-order valence-corrected chi connectivity index (χ2v) is 8.92. The Morgan fingerprint density at radius 3 is 2.32 bits per heavy atom. The first-order chi connectivity index (χ1) is 14.8. The lowest BCUT2D eigenvalue weighted by molar-refractivity contribution is -0.153. The maximum atomic E-state index is 13.1. The summed E-state index contributed by atoms with van der Waals surface area (Å²) < 4.78 is 6.05. The number of nitrogens with one attached hydrogen (secondary N) is 2. The van der Waals surface area contributed by atoms with Crippen LogP contribution in [0.25, 0.3) is 11.1 Å². The van der Waals surface area contributed by atoms with Crippen LogP contribution in [0.2, 0.25) is 5.02 Å². The SMILES string of the molecule is C[C@@H]1CN2c3cc(-c4ccc(Cl)cc4)ccc3CC3(C(=O)NC(=O)NC3=O)[C@H]2[C@H](C)O1. The molecule has 1 spiro atoms. The van der Waals surface area contributed by atoms with Crippen LogP contribution >= 0.6 is 11.6 Å². The molecule has 2 fully saturated rings. The molecule has 0 aromatic heterocycles.